The molecule has 3 N–H and O–H groups in total. The highest BCUT2D eigenvalue weighted by Gasteiger charge is 2.19. The second kappa shape index (κ2) is 7.48. The third kappa shape index (κ3) is 5.59. The molecule has 1 unspecified atom stereocenters. The van der Waals surface area contributed by atoms with Gasteiger partial charge in [-0.05, 0) is 17.7 Å². The Morgan fingerprint density at radius 2 is 2.00 bits per heavy atom. The number of benzene rings is 1. The van der Waals surface area contributed by atoms with E-state index in [2.05, 4.69) is 15.9 Å². The fraction of sp³-hybridized carbons (Fsp3) is 0.417. The molecule has 6 heteroatoms. The lowest BCUT2D eigenvalue weighted by molar-refractivity contribution is -0.142. The van der Waals surface area contributed by atoms with Gasteiger partial charge in [0.05, 0.1) is 31.1 Å². The highest BCUT2D eigenvalue weighted by Crippen LogP contribution is 2.11. The molecule has 0 amide bonds. The summed E-state index contributed by atoms with van der Waals surface area (Å²) in [6, 6.07) is 6.30. The van der Waals surface area contributed by atoms with Crippen molar-refractivity contribution >= 4 is 21.9 Å². The Kier molecular flexibility index (Phi) is 3.43. The third-order valence-electron chi connectivity index (χ3n) is 1.77. The summed E-state index contributed by atoms with van der Waals surface area (Å²) >= 11 is 3.19. The summed E-state index contributed by atoms with van der Waals surface area (Å²) in [5, 5.41) is 28.4. The van der Waals surface area contributed by atoms with E-state index >= 15 is 0 Å². The van der Waals surface area contributed by atoms with E-state index in [4.69, 9.17) is 18.1 Å². The van der Waals surface area contributed by atoms with Crippen LogP contribution >= 0.6 is 15.9 Å². The number of carbonyl (C=O) groups is 1. The lowest BCUT2D eigenvalue weighted by Crippen LogP contribution is -2.32. The third-order valence-corrected chi connectivity index (χ3v) is 2.30. The van der Waals surface area contributed by atoms with Crippen LogP contribution in [0.4, 0.5) is 0 Å². The molecule has 0 saturated heterocycles. The van der Waals surface area contributed by atoms with Crippen LogP contribution in [0.5, 0.6) is 0 Å². The molecular weight excluding hydrogens is 304 g/mol. The normalized spacial score (nSPS) is 24.2. The molecule has 1 rings (SSSR count). The van der Waals surface area contributed by atoms with Crippen LogP contribution in [0, 0.1) is 0 Å². The van der Waals surface area contributed by atoms with Crippen molar-refractivity contribution in [3.05, 3.63) is 34.3 Å². The highest BCUT2D eigenvalue weighted by molar-refractivity contribution is 9.10. The molecule has 0 spiro atoms. The predicted octanol–water partition coefficient (Wildman–Crippen LogP) is 1.16. The fourth-order valence-corrected chi connectivity index (χ4v) is 1.24. The molecule has 0 saturated carbocycles. The van der Waals surface area contributed by atoms with Crippen molar-refractivity contribution in [3.8, 4) is 0 Å². The standard InChI is InChI=1S/C12H15BrO5/c13-9-3-1-8(2-4-9)6-18-7-11(15)10(14)5-12(16)17/h1-4,10-11,14-15H,5-7H2,(H,16,17)/t10-,11?/m0/s1/i5D2,7D2,10D,11D. The van der Waals surface area contributed by atoms with Crippen LogP contribution in [-0.2, 0) is 16.1 Å². The first kappa shape index (κ1) is 8.27. The maximum Gasteiger partial charge on any atom is 0.306 e. The van der Waals surface area contributed by atoms with Crippen LogP contribution in [0.2, 0.25) is 0 Å². The van der Waals surface area contributed by atoms with Crippen LogP contribution in [0.3, 0.4) is 0 Å². The van der Waals surface area contributed by atoms with Gasteiger partial charge in [-0.25, -0.2) is 0 Å². The van der Waals surface area contributed by atoms with Gasteiger partial charge in [-0.2, -0.15) is 0 Å². The van der Waals surface area contributed by atoms with Gasteiger partial charge < -0.3 is 20.1 Å². The summed E-state index contributed by atoms with van der Waals surface area (Å²) in [6.07, 6.45) is -11.8. The number of hydrogen-bond acceptors (Lipinski definition) is 4. The van der Waals surface area contributed by atoms with Crippen molar-refractivity contribution in [3.63, 3.8) is 0 Å². The van der Waals surface area contributed by atoms with Gasteiger partial charge in [0, 0.05) is 7.21 Å². The first-order valence-corrected chi connectivity index (χ1v) is 5.52. The Morgan fingerprint density at radius 3 is 2.56 bits per heavy atom. The van der Waals surface area contributed by atoms with Gasteiger partial charge >= 0.3 is 5.97 Å². The van der Waals surface area contributed by atoms with Gasteiger partial charge in [0.15, 0.2) is 0 Å². The minimum absolute atomic E-state index is 0.424. The van der Waals surface area contributed by atoms with Gasteiger partial charge in [-0.1, -0.05) is 28.1 Å². The molecule has 1 aromatic carbocycles. The van der Waals surface area contributed by atoms with Crippen molar-refractivity contribution in [2.75, 3.05) is 6.56 Å². The smallest absolute Gasteiger partial charge is 0.306 e. The zero-order valence-electron chi connectivity index (χ0n) is 15.1. The quantitative estimate of drug-likeness (QED) is 0.700. The average Bonchev–Trinajstić information content (AvgIpc) is 2.45. The number of halogens is 1. The van der Waals surface area contributed by atoms with Gasteiger partial charge in [-0.15, -0.1) is 0 Å². The molecule has 0 heterocycles. The number of aliphatic carboxylic acids is 1. The summed E-state index contributed by atoms with van der Waals surface area (Å²) in [5.74, 6) is -2.34. The highest BCUT2D eigenvalue weighted by atomic mass is 79.9. The molecule has 0 aliphatic carbocycles. The Labute approximate surface area is 122 Å². The molecule has 18 heavy (non-hydrogen) atoms. The number of rotatable bonds is 7. The Hall–Kier alpha value is -0.950. The Bertz CT molecular complexity index is 604. The van der Waals surface area contributed by atoms with Crippen molar-refractivity contribution in [1.82, 2.24) is 0 Å². The lowest BCUT2D eigenvalue weighted by Gasteiger charge is -2.16. The Balaban J connectivity index is 3.05. The zero-order valence-corrected chi connectivity index (χ0v) is 10.6. The summed E-state index contributed by atoms with van der Waals surface area (Å²) in [7, 11) is 0. The minimum Gasteiger partial charge on any atom is -0.481 e. The largest absolute Gasteiger partial charge is 0.481 e. The molecule has 1 aromatic rings. The van der Waals surface area contributed by atoms with Gasteiger partial charge in [0.25, 0.3) is 0 Å². The minimum atomic E-state index is -4.06. The second-order valence-electron chi connectivity index (χ2n) is 3.14. The summed E-state index contributed by atoms with van der Waals surface area (Å²) in [6.45, 7) is -3.94. The molecule has 0 aliphatic heterocycles. The number of carboxylic acids is 1. The molecule has 0 fully saturated rings. The monoisotopic (exact) mass is 324 g/mol. The molecule has 2 atom stereocenters. The van der Waals surface area contributed by atoms with Crippen molar-refractivity contribution in [1.29, 1.82) is 0 Å². The number of ether oxygens (including phenoxy) is 1. The summed E-state index contributed by atoms with van der Waals surface area (Å²) in [4.78, 5) is 10.8. The van der Waals surface area contributed by atoms with E-state index in [1.807, 2.05) is 0 Å². The van der Waals surface area contributed by atoms with Crippen molar-refractivity contribution < 1.29 is 33.1 Å². The molecule has 0 aliphatic rings. The van der Waals surface area contributed by atoms with Crippen LogP contribution in [-0.4, -0.2) is 40.0 Å². The van der Waals surface area contributed by atoms with E-state index < -0.39 is 37.7 Å². The SMILES string of the molecule is [2H]C([2H])(OCc1ccc(Br)cc1)C([2H])(O)[C@@]([2H])(O)C([2H])([2H])C(=O)O. The summed E-state index contributed by atoms with van der Waals surface area (Å²) < 4.78 is 49.7. The molecule has 0 radical (unpaired) electrons. The number of hydrogen-bond donors (Lipinski definition) is 3. The molecule has 5 nitrogen and oxygen atoms in total. The number of carboxylic acid groups (broad SMARTS) is 1. The van der Waals surface area contributed by atoms with Crippen LogP contribution in [0.15, 0.2) is 28.7 Å². The van der Waals surface area contributed by atoms with E-state index in [1.54, 1.807) is 12.1 Å². The topological polar surface area (TPSA) is 87.0 Å². The number of aliphatic hydroxyl groups is 2. The Morgan fingerprint density at radius 1 is 1.39 bits per heavy atom. The molecule has 0 bridgehead atoms. The molecule has 0 aromatic heterocycles. The first-order chi connectivity index (χ1) is 10.7. The molecule has 100 valence electrons. The molecular formula is C12H15BrO5. The van der Waals surface area contributed by atoms with Gasteiger partial charge in [0.2, 0.25) is 0 Å². The van der Waals surface area contributed by atoms with Crippen LogP contribution in [0.1, 0.15) is 20.2 Å². The second-order valence-corrected chi connectivity index (χ2v) is 4.06. The fourth-order valence-electron chi connectivity index (χ4n) is 0.977. The van der Waals surface area contributed by atoms with Crippen molar-refractivity contribution in [2.45, 2.75) is 25.1 Å². The van der Waals surface area contributed by atoms with E-state index in [0.717, 1.165) is 4.47 Å². The van der Waals surface area contributed by atoms with Crippen molar-refractivity contribution in [2.24, 2.45) is 0 Å². The van der Waals surface area contributed by atoms with Crippen LogP contribution in [0.25, 0.3) is 0 Å². The van der Waals surface area contributed by atoms with Gasteiger partial charge in [0.1, 0.15) is 6.08 Å². The predicted molar refractivity (Wildman–Crippen MR) is 68.1 cm³/mol. The average molecular weight is 325 g/mol. The van der Waals surface area contributed by atoms with E-state index in [-0.39, 0.29) is 0 Å². The first-order valence-electron chi connectivity index (χ1n) is 7.73. The van der Waals surface area contributed by atoms with E-state index in [0.29, 0.717) is 5.56 Å². The maximum absolute atomic E-state index is 10.8. The van der Waals surface area contributed by atoms with Crippen LogP contribution < -0.4 is 0 Å². The maximum atomic E-state index is 10.8. The summed E-state index contributed by atoms with van der Waals surface area (Å²) in [5.41, 5.74) is 0.424. The zero-order chi connectivity index (χ0) is 19.0. The van der Waals surface area contributed by atoms with E-state index in [1.165, 1.54) is 12.1 Å². The lowest BCUT2D eigenvalue weighted by atomic mass is 10.1. The van der Waals surface area contributed by atoms with E-state index in [9.17, 15) is 15.0 Å². The van der Waals surface area contributed by atoms with Gasteiger partial charge in [-0.3, -0.25) is 4.79 Å².